The molecule has 18 heavy (non-hydrogen) atoms. The fraction of sp³-hybridized carbons (Fsp3) is 0.462. The summed E-state index contributed by atoms with van der Waals surface area (Å²) in [7, 11) is 0. The van der Waals surface area contributed by atoms with Crippen LogP contribution in [0.3, 0.4) is 0 Å². The molecular formula is C13H20ClN3O. The molecule has 0 spiro atoms. The van der Waals surface area contributed by atoms with Gasteiger partial charge in [-0.2, -0.15) is 0 Å². The van der Waals surface area contributed by atoms with Crippen molar-refractivity contribution in [1.82, 2.24) is 10.3 Å². The third-order valence-electron chi connectivity index (χ3n) is 2.49. The van der Waals surface area contributed by atoms with Crippen LogP contribution in [-0.2, 0) is 6.54 Å². The second-order valence-corrected chi connectivity index (χ2v) is 4.24. The molecule has 5 heteroatoms. The summed E-state index contributed by atoms with van der Waals surface area (Å²) in [6.07, 6.45) is 1.79. The van der Waals surface area contributed by atoms with E-state index in [0.717, 1.165) is 18.1 Å². The predicted octanol–water partition coefficient (Wildman–Crippen LogP) is 1.83. The van der Waals surface area contributed by atoms with Crippen LogP contribution in [0.25, 0.3) is 0 Å². The Kier molecular flexibility index (Phi) is 6.72. The summed E-state index contributed by atoms with van der Waals surface area (Å²) in [6, 6.07) is 3.70. The van der Waals surface area contributed by atoms with Gasteiger partial charge in [0.2, 0.25) is 0 Å². The van der Waals surface area contributed by atoms with Crippen LogP contribution in [0, 0.1) is 0 Å². The number of anilines is 1. The molecule has 0 unspecified atom stereocenters. The Balaban J connectivity index is 2.89. The van der Waals surface area contributed by atoms with Crippen molar-refractivity contribution in [2.75, 3.05) is 31.1 Å². The van der Waals surface area contributed by atoms with Gasteiger partial charge in [-0.3, -0.25) is 0 Å². The molecule has 2 N–H and O–H groups in total. The van der Waals surface area contributed by atoms with Crippen LogP contribution in [0.2, 0.25) is 5.02 Å². The number of halogens is 1. The van der Waals surface area contributed by atoms with E-state index < -0.39 is 0 Å². The zero-order valence-corrected chi connectivity index (χ0v) is 11.5. The summed E-state index contributed by atoms with van der Waals surface area (Å²) in [5.74, 6) is 0.807. The normalized spacial score (nSPS) is 10.4. The van der Waals surface area contributed by atoms with Crippen LogP contribution >= 0.6 is 11.6 Å². The lowest BCUT2D eigenvalue weighted by atomic mass is 10.3. The summed E-state index contributed by atoms with van der Waals surface area (Å²) >= 11 is 6.10. The first-order valence-corrected chi connectivity index (χ1v) is 6.43. The van der Waals surface area contributed by atoms with Crippen LogP contribution in [0.5, 0.6) is 0 Å². The maximum atomic E-state index is 9.05. The van der Waals surface area contributed by atoms with E-state index in [4.69, 9.17) is 16.7 Å². The molecule has 0 bridgehead atoms. The van der Waals surface area contributed by atoms with E-state index in [1.165, 1.54) is 0 Å². The van der Waals surface area contributed by atoms with Crippen molar-refractivity contribution in [2.24, 2.45) is 0 Å². The number of rotatable bonds is 8. The first-order chi connectivity index (χ1) is 8.72. The lowest BCUT2D eigenvalue weighted by Crippen LogP contribution is -2.28. The van der Waals surface area contributed by atoms with Gasteiger partial charge in [-0.25, -0.2) is 4.98 Å². The third-order valence-corrected chi connectivity index (χ3v) is 2.83. The van der Waals surface area contributed by atoms with Gasteiger partial charge in [-0.15, -0.1) is 6.58 Å². The summed E-state index contributed by atoms with van der Waals surface area (Å²) < 4.78 is 0. The van der Waals surface area contributed by atoms with Crippen LogP contribution < -0.4 is 10.2 Å². The minimum atomic E-state index is 0.0840. The average Bonchev–Trinajstić information content (AvgIpc) is 2.38. The highest BCUT2D eigenvalue weighted by Crippen LogP contribution is 2.19. The van der Waals surface area contributed by atoms with Crippen molar-refractivity contribution in [3.63, 3.8) is 0 Å². The van der Waals surface area contributed by atoms with Gasteiger partial charge < -0.3 is 15.3 Å². The lowest BCUT2D eigenvalue weighted by molar-refractivity contribution is 0.302. The quantitative estimate of drug-likeness (QED) is 0.707. The molecule has 0 saturated carbocycles. The Bertz CT molecular complexity index is 384. The molecule has 0 aromatic carbocycles. The van der Waals surface area contributed by atoms with E-state index in [-0.39, 0.29) is 6.61 Å². The molecule has 0 saturated heterocycles. The van der Waals surface area contributed by atoms with E-state index in [9.17, 15) is 0 Å². The molecule has 0 fully saturated rings. The SMILES string of the molecule is C=CCN(CCO)c1ccc(Cl)c(CNCC)n1. The van der Waals surface area contributed by atoms with E-state index in [2.05, 4.69) is 16.9 Å². The standard InChI is InChI=1S/C13H20ClN3O/c1-3-7-17(8-9-18)13-6-5-11(14)12(16-13)10-15-4-2/h3,5-6,15,18H,1,4,7-10H2,2H3. The van der Waals surface area contributed by atoms with Gasteiger partial charge in [-0.1, -0.05) is 24.6 Å². The van der Waals surface area contributed by atoms with Gasteiger partial charge in [0.1, 0.15) is 5.82 Å². The van der Waals surface area contributed by atoms with Crippen molar-refractivity contribution < 1.29 is 5.11 Å². The number of aromatic nitrogens is 1. The molecule has 4 nitrogen and oxygen atoms in total. The first kappa shape index (κ1) is 15.0. The van der Waals surface area contributed by atoms with Gasteiger partial charge >= 0.3 is 0 Å². The fourth-order valence-electron chi connectivity index (χ4n) is 1.59. The van der Waals surface area contributed by atoms with Crippen LogP contribution in [-0.4, -0.2) is 36.3 Å². The van der Waals surface area contributed by atoms with Crippen molar-refractivity contribution >= 4 is 17.4 Å². The molecule has 0 atom stereocenters. The third kappa shape index (κ3) is 4.29. The summed E-state index contributed by atoms with van der Waals surface area (Å²) in [5, 5.41) is 12.9. The number of hydrogen-bond donors (Lipinski definition) is 2. The van der Waals surface area contributed by atoms with Gasteiger partial charge in [0.15, 0.2) is 0 Å². The molecule has 1 aromatic heterocycles. The Hall–Kier alpha value is -1.10. The summed E-state index contributed by atoms with van der Waals surface area (Å²) in [6.45, 7) is 8.52. The van der Waals surface area contributed by atoms with Gasteiger partial charge in [0.05, 0.1) is 17.3 Å². The minimum absolute atomic E-state index is 0.0840. The highest BCUT2D eigenvalue weighted by atomic mass is 35.5. The van der Waals surface area contributed by atoms with Gasteiger partial charge in [0.25, 0.3) is 0 Å². The minimum Gasteiger partial charge on any atom is -0.395 e. The second-order valence-electron chi connectivity index (χ2n) is 3.84. The number of hydrogen-bond acceptors (Lipinski definition) is 4. The molecule has 1 rings (SSSR count). The molecule has 1 heterocycles. The first-order valence-electron chi connectivity index (χ1n) is 6.05. The van der Waals surface area contributed by atoms with Crippen LogP contribution in [0.15, 0.2) is 24.8 Å². The highest BCUT2D eigenvalue weighted by Gasteiger charge is 2.09. The maximum absolute atomic E-state index is 9.05. The summed E-state index contributed by atoms with van der Waals surface area (Å²) in [5.41, 5.74) is 0.822. The van der Waals surface area contributed by atoms with Crippen molar-refractivity contribution in [1.29, 1.82) is 0 Å². The Morgan fingerprint density at radius 3 is 2.94 bits per heavy atom. The molecule has 0 radical (unpaired) electrons. The van der Waals surface area contributed by atoms with E-state index in [1.807, 2.05) is 24.0 Å². The molecule has 0 aliphatic rings. The number of nitrogens with one attached hydrogen (secondary N) is 1. The molecular weight excluding hydrogens is 250 g/mol. The van der Waals surface area contributed by atoms with Crippen molar-refractivity contribution in [2.45, 2.75) is 13.5 Å². The smallest absolute Gasteiger partial charge is 0.129 e. The van der Waals surface area contributed by atoms with Crippen molar-refractivity contribution in [3.8, 4) is 0 Å². The van der Waals surface area contributed by atoms with Gasteiger partial charge in [-0.05, 0) is 18.7 Å². The molecule has 0 aliphatic heterocycles. The number of aliphatic hydroxyl groups is 1. The largest absolute Gasteiger partial charge is 0.395 e. The maximum Gasteiger partial charge on any atom is 0.129 e. The second kappa shape index (κ2) is 8.08. The van der Waals surface area contributed by atoms with E-state index in [1.54, 1.807) is 6.08 Å². The Labute approximate surface area is 113 Å². The van der Waals surface area contributed by atoms with Gasteiger partial charge in [0, 0.05) is 19.6 Å². The number of aliphatic hydroxyl groups excluding tert-OH is 1. The number of pyridine rings is 1. The predicted molar refractivity (Wildman–Crippen MR) is 76.1 cm³/mol. The Morgan fingerprint density at radius 2 is 2.33 bits per heavy atom. The zero-order valence-electron chi connectivity index (χ0n) is 10.7. The molecule has 1 aromatic rings. The van der Waals surface area contributed by atoms with E-state index >= 15 is 0 Å². The summed E-state index contributed by atoms with van der Waals surface area (Å²) in [4.78, 5) is 6.48. The topological polar surface area (TPSA) is 48.4 Å². The van der Waals surface area contributed by atoms with Crippen LogP contribution in [0.4, 0.5) is 5.82 Å². The highest BCUT2D eigenvalue weighted by molar-refractivity contribution is 6.31. The van der Waals surface area contributed by atoms with E-state index in [0.29, 0.717) is 24.7 Å². The zero-order chi connectivity index (χ0) is 13.4. The van der Waals surface area contributed by atoms with Crippen LogP contribution in [0.1, 0.15) is 12.6 Å². The van der Waals surface area contributed by atoms with Crippen molar-refractivity contribution in [3.05, 3.63) is 35.5 Å². The Morgan fingerprint density at radius 1 is 1.56 bits per heavy atom. The average molecular weight is 270 g/mol. The molecule has 0 aliphatic carbocycles. The molecule has 0 amide bonds. The fourth-order valence-corrected chi connectivity index (χ4v) is 1.76. The monoisotopic (exact) mass is 269 g/mol. The number of nitrogens with zero attached hydrogens (tertiary/aromatic N) is 2. The molecule has 100 valence electrons. The lowest BCUT2D eigenvalue weighted by Gasteiger charge is -2.22.